The second kappa shape index (κ2) is 8.30. The molecule has 0 bridgehead atoms. The summed E-state index contributed by atoms with van der Waals surface area (Å²) in [4.78, 5) is 14.7. The van der Waals surface area contributed by atoms with Crippen molar-refractivity contribution in [3.8, 4) is 0 Å². The summed E-state index contributed by atoms with van der Waals surface area (Å²) in [6.45, 7) is 2.06. The summed E-state index contributed by atoms with van der Waals surface area (Å²) < 4.78 is 15.2. The number of likely N-dealkylation sites (tertiary alicyclic amines) is 1. The molecule has 2 aromatic rings. The molecule has 0 spiro atoms. The van der Waals surface area contributed by atoms with Gasteiger partial charge in [-0.15, -0.1) is 0 Å². The number of amides is 1. The minimum Gasteiger partial charge on any atom is -0.350 e. The van der Waals surface area contributed by atoms with Gasteiger partial charge in [-0.25, -0.2) is 4.39 Å². The third-order valence-corrected chi connectivity index (χ3v) is 5.51. The molecule has 2 aromatic carbocycles. The Hall–Kier alpha value is -1.43. The van der Waals surface area contributed by atoms with Crippen LogP contribution in [0.25, 0.3) is 0 Å². The number of benzene rings is 2. The number of nitrogens with zero attached hydrogens (tertiary/aromatic N) is 1. The number of carbonyl (C=O) groups is 1. The maximum absolute atomic E-state index is 14.4. The molecule has 0 saturated carbocycles. The topological polar surface area (TPSA) is 32.3 Å². The van der Waals surface area contributed by atoms with Gasteiger partial charge in [0.2, 0.25) is 0 Å². The summed E-state index contributed by atoms with van der Waals surface area (Å²) in [7, 11) is 0. The van der Waals surface area contributed by atoms with Crippen molar-refractivity contribution in [3.63, 3.8) is 0 Å². The van der Waals surface area contributed by atoms with Crippen LogP contribution in [0.1, 0.15) is 34.8 Å². The summed E-state index contributed by atoms with van der Waals surface area (Å²) in [5.41, 5.74) is 1.01. The third kappa shape index (κ3) is 4.22. The molecule has 1 fully saturated rings. The Morgan fingerprint density at radius 1 is 1.20 bits per heavy atom. The van der Waals surface area contributed by atoms with Crippen molar-refractivity contribution in [1.29, 1.82) is 0 Å². The van der Waals surface area contributed by atoms with Gasteiger partial charge in [-0.1, -0.05) is 29.8 Å². The quantitative estimate of drug-likeness (QED) is 0.746. The van der Waals surface area contributed by atoms with Crippen molar-refractivity contribution in [3.05, 3.63) is 68.9 Å². The van der Waals surface area contributed by atoms with E-state index in [-0.39, 0.29) is 17.8 Å². The Morgan fingerprint density at radius 3 is 2.60 bits per heavy atom. The van der Waals surface area contributed by atoms with E-state index in [4.69, 9.17) is 11.6 Å². The van der Waals surface area contributed by atoms with Gasteiger partial charge in [0.05, 0.1) is 11.6 Å². The second-order valence-corrected chi connectivity index (χ2v) is 7.35. The smallest absolute Gasteiger partial charge is 0.252 e. The lowest BCUT2D eigenvalue weighted by atomic mass is 10.0. The average Bonchev–Trinajstić information content (AvgIpc) is 3.12. The van der Waals surface area contributed by atoms with Gasteiger partial charge in [0, 0.05) is 21.6 Å². The molecule has 3 rings (SSSR count). The number of hydrogen-bond acceptors (Lipinski definition) is 2. The molecule has 0 aliphatic carbocycles. The first-order valence-electron chi connectivity index (χ1n) is 8.28. The van der Waals surface area contributed by atoms with Crippen LogP contribution in [-0.4, -0.2) is 30.4 Å². The van der Waals surface area contributed by atoms with Gasteiger partial charge < -0.3 is 5.32 Å². The van der Waals surface area contributed by atoms with Crippen molar-refractivity contribution >= 4 is 33.4 Å². The van der Waals surface area contributed by atoms with Gasteiger partial charge in [0.15, 0.2) is 0 Å². The van der Waals surface area contributed by atoms with E-state index < -0.39 is 0 Å². The Labute approximate surface area is 160 Å². The first-order chi connectivity index (χ1) is 12.1. The van der Waals surface area contributed by atoms with Gasteiger partial charge in [-0.2, -0.15) is 0 Å². The summed E-state index contributed by atoms with van der Waals surface area (Å²) in [5.74, 6) is -0.524. The SMILES string of the molecule is O=C(NCC(c1c(F)cccc1Cl)N1CCCC1)c1ccccc1Br. The summed E-state index contributed by atoms with van der Waals surface area (Å²) >= 11 is 9.66. The average molecular weight is 426 g/mol. The second-order valence-electron chi connectivity index (χ2n) is 6.08. The van der Waals surface area contributed by atoms with Crippen LogP contribution in [0.4, 0.5) is 4.39 Å². The van der Waals surface area contributed by atoms with E-state index in [2.05, 4.69) is 26.1 Å². The van der Waals surface area contributed by atoms with E-state index in [0.717, 1.165) is 30.4 Å². The van der Waals surface area contributed by atoms with E-state index in [1.807, 2.05) is 18.2 Å². The number of halogens is 3. The molecule has 1 aliphatic heterocycles. The maximum atomic E-state index is 14.4. The van der Waals surface area contributed by atoms with E-state index >= 15 is 0 Å². The van der Waals surface area contributed by atoms with Crippen molar-refractivity contribution in [2.24, 2.45) is 0 Å². The Balaban J connectivity index is 1.81. The minimum absolute atomic E-state index is 0.191. The Morgan fingerprint density at radius 2 is 1.92 bits per heavy atom. The van der Waals surface area contributed by atoms with E-state index in [1.165, 1.54) is 6.07 Å². The van der Waals surface area contributed by atoms with E-state index in [0.29, 0.717) is 22.7 Å². The third-order valence-electron chi connectivity index (χ3n) is 4.49. The fraction of sp³-hybridized carbons (Fsp3) is 0.316. The molecule has 1 N–H and O–H groups in total. The van der Waals surface area contributed by atoms with Crippen LogP contribution in [0, 0.1) is 5.82 Å². The fourth-order valence-electron chi connectivity index (χ4n) is 3.23. The molecule has 1 atom stereocenters. The van der Waals surface area contributed by atoms with Gasteiger partial charge in [-0.05, 0) is 66.1 Å². The summed E-state index contributed by atoms with van der Waals surface area (Å²) in [6, 6.07) is 11.7. The normalized spacial score (nSPS) is 16.0. The van der Waals surface area contributed by atoms with Crippen molar-refractivity contribution < 1.29 is 9.18 Å². The summed E-state index contributed by atoms with van der Waals surface area (Å²) in [5, 5.41) is 3.33. The van der Waals surface area contributed by atoms with Crippen LogP contribution in [0.2, 0.25) is 5.02 Å². The molecule has 1 saturated heterocycles. The van der Waals surface area contributed by atoms with Crippen molar-refractivity contribution in [1.82, 2.24) is 10.2 Å². The predicted molar refractivity (Wildman–Crippen MR) is 101 cm³/mol. The van der Waals surface area contributed by atoms with Gasteiger partial charge in [0.25, 0.3) is 5.91 Å². The van der Waals surface area contributed by atoms with Crippen LogP contribution in [0.3, 0.4) is 0 Å². The van der Waals surface area contributed by atoms with E-state index in [9.17, 15) is 9.18 Å². The lowest BCUT2D eigenvalue weighted by Crippen LogP contribution is -2.37. The first-order valence-corrected chi connectivity index (χ1v) is 9.45. The van der Waals surface area contributed by atoms with Gasteiger partial charge >= 0.3 is 0 Å². The zero-order chi connectivity index (χ0) is 17.8. The van der Waals surface area contributed by atoms with E-state index in [1.54, 1.807) is 18.2 Å². The molecule has 0 aromatic heterocycles. The van der Waals surface area contributed by atoms with Crippen LogP contribution in [0.5, 0.6) is 0 Å². The zero-order valence-corrected chi connectivity index (χ0v) is 16.0. The Kier molecular flexibility index (Phi) is 6.10. The monoisotopic (exact) mass is 424 g/mol. The molecule has 0 radical (unpaired) electrons. The highest BCUT2D eigenvalue weighted by atomic mass is 79.9. The number of hydrogen-bond donors (Lipinski definition) is 1. The number of nitrogens with one attached hydrogen (secondary N) is 1. The van der Waals surface area contributed by atoms with Crippen LogP contribution >= 0.6 is 27.5 Å². The highest BCUT2D eigenvalue weighted by molar-refractivity contribution is 9.10. The maximum Gasteiger partial charge on any atom is 0.252 e. The standard InChI is InChI=1S/C19H19BrClFN2O/c20-14-7-2-1-6-13(14)19(25)23-12-17(24-10-3-4-11-24)18-15(21)8-5-9-16(18)22/h1-2,5-9,17H,3-4,10-12H2,(H,23,25). The van der Waals surface area contributed by atoms with Crippen molar-refractivity contribution in [2.45, 2.75) is 18.9 Å². The molecule has 1 heterocycles. The highest BCUT2D eigenvalue weighted by Gasteiger charge is 2.28. The van der Waals surface area contributed by atoms with Crippen LogP contribution < -0.4 is 5.32 Å². The largest absolute Gasteiger partial charge is 0.350 e. The zero-order valence-electron chi connectivity index (χ0n) is 13.6. The molecule has 6 heteroatoms. The molecular formula is C19H19BrClFN2O. The lowest BCUT2D eigenvalue weighted by Gasteiger charge is -2.29. The van der Waals surface area contributed by atoms with Crippen LogP contribution in [0.15, 0.2) is 46.9 Å². The molecule has 1 amide bonds. The first kappa shape index (κ1) is 18.4. The Bertz CT molecular complexity index is 745. The minimum atomic E-state index is -0.334. The molecule has 3 nitrogen and oxygen atoms in total. The molecular weight excluding hydrogens is 407 g/mol. The summed E-state index contributed by atoms with van der Waals surface area (Å²) in [6.07, 6.45) is 2.14. The number of carbonyl (C=O) groups excluding carboxylic acids is 1. The highest BCUT2D eigenvalue weighted by Crippen LogP contribution is 2.32. The lowest BCUT2D eigenvalue weighted by molar-refractivity contribution is 0.0936. The van der Waals surface area contributed by atoms with Crippen LogP contribution in [-0.2, 0) is 0 Å². The molecule has 1 unspecified atom stereocenters. The number of rotatable bonds is 5. The molecule has 25 heavy (non-hydrogen) atoms. The molecule has 132 valence electrons. The predicted octanol–water partition coefficient (Wildman–Crippen LogP) is 4.81. The van der Waals surface area contributed by atoms with Gasteiger partial charge in [-0.3, -0.25) is 9.69 Å². The van der Waals surface area contributed by atoms with Crippen molar-refractivity contribution in [2.75, 3.05) is 19.6 Å². The fourth-order valence-corrected chi connectivity index (χ4v) is 3.98. The van der Waals surface area contributed by atoms with Gasteiger partial charge in [0.1, 0.15) is 5.82 Å². The molecule has 1 aliphatic rings.